The minimum atomic E-state index is -3.88. The highest BCUT2D eigenvalue weighted by molar-refractivity contribution is 7.89. The lowest BCUT2D eigenvalue weighted by Gasteiger charge is -2.49. The van der Waals surface area contributed by atoms with Crippen LogP contribution < -0.4 is 0 Å². The summed E-state index contributed by atoms with van der Waals surface area (Å²) in [5.74, 6) is -0.612. The zero-order valence-electron chi connectivity index (χ0n) is 21.7. The van der Waals surface area contributed by atoms with Gasteiger partial charge in [-0.15, -0.1) is 0 Å². The van der Waals surface area contributed by atoms with Gasteiger partial charge in [-0.1, -0.05) is 6.07 Å². The summed E-state index contributed by atoms with van der Waals surface area (Å²) in [6, 6.07) is 11.4. The maximum absolute atomic E-state index is 14.2. The number of ketones is 1. The molecular formula is C28H29FN6O3S. The van der Waals surface area contributed by atoms with E-state index in [0.717, 1.165) is 16.9 Å². The minimum Gasteiger partial charge on any atom is -0.292 e. The zero-order chi connectivity index (χ0) is 27.4. The van der Waals surface area contributed by atoms with Crippen molar-refractivity contribution in [1.29, 1.82) is 0 Å². The van der Waals surface area contributed by atoms with Gasteiger partial charge in [0.1, 0.15) is 16.4 Å². The first-order valence-corrected chi connectivity index (χ1v) is 14.4. The predicted molar refractivity (Wildman–Crippen MR) is 141 cm³/mol. The molecular weight excluding hydrogens is 519 g/mol. The van der Waals surface area contributed by atoms with E-state index in [-0.39, 0.29) is 41.5 Å². The summed E-state index contributed by atoms with van der Waals surface area (Å²) in [6.07, 6.45) is 7.63. The minimum absolute atomic E-state index is 0.0196. The van der Waals surface area contributed by atoms with Gasteiger partial charge in [-0.05, 0) is 81.0 Å². The standard InChI is InChI=1S/C28H29FN6O3S/c1-19(2)34-17-24(16-31-34)39(37,38)33-12-10-21-13-26-20(15-32-35(26)23-8-6-22(29)7-9-23)14-28(21,18-33)27(36)25-5-3-4-11-30-25/h3-9,11,15-17,19,21H,10,12-14,18H2,1-2H3. The molecule has 4 aromatic rings. The Morgan fingerprint density at radius 1 is 1.10 bits per heavy atom. The molecule has 202 valence electrons. The van der Waals surface area contributed by atoms with Crippen molar-refractivity contribution in [2.45, 2.75) is 44.0 Å². The highest BCUT2D eigenvalue weighted by Crippen LogP contribution is 2.48. The van der Waals surface area contributed by atoms with Crippen LogP contribution in [0.1, 0.15) is 48.1 Å². The van der Waals surface area contributed by atoms with Crippen LogP contribution in [0.15, 0.2) is 72.1 Å². The molecule has 9 nitrogen and oxygen atoms in total. The number of aromatic nitrogens is 5. The van der Waals surface area contributed by atoms with Crippen molar-refractivity contribution in [2.24, 2.45) is 11.3 Å². The van der Waals surface area contributed by atoms with Crippen molar-refractivity contribution in [3.8, 4) is 5.69 Å². The van der Waals surface area contributed by atoms with Gasteiger partial charge >= 0.3 is 0 Å². The summed E-state index contributed by atoms with van der Waals surface area (Å²) in [5, 5.41) is 8.80. The van der Waals surface area contributed by atoms with Crippen molar-refractivity contribution in [3.05, 3.63) is 90.0 Å². The fourth-order valence-corrected chi connectivity index (χ4v) is 7.39. The summed E-state index contributed by atoms with van der Waals surface area (Å²) in [6.45, 7) is 4.20. The molecule has 0 saturated carbocycles. The number of hydrogen-bond donors (Lipinski definition) is 0. The number of carbonyl (C=O) groups excluding carboxylic acids is 1. The molecule has 0 radical (unpaired) electrons. The molecule has 0 amide bonds. The fourth-order valence-electron chi connectivity index (χ4n) is 5.93. The van der Waals surface area contributed by atoms with E-state index in [1.54, 1.807) is 58.3 Å². The second-order valence-corrected chi connectivity index (χ2v) is 12.6. The number of hydrogen-bond acceptors (Lipinski definition) is 6. The summed E-state index contributed by atoms with van der Waals surface area (Å²) in [4.78, 5) is 18.7. The quantitative estimate of drug-likeness (QED) is 0.339. The lowest BCUT2D eigenvalue weighted by atomic mass is 9.60. The number of Topliss-reactive ketones (excluding diaryl/α,β-unsaturated/α-hetero) is 1. The molecule has 2 atom stereocenters. The third-order valence-corrected chi connectivity index (χ3v) is 9.83. The number of rotatable bonds is 6. The van der Waals surface area contributed by atoms with Crippen LogP contribution in [0.25, 0.3) is 5.69 Å². The summed E-state index contributed by atoms with van der Waals surface area (Å²) < 4.78 is 45.9. The monoisotopic (exact) mass is 548 g/mol. The Morgan fingerprint density at radius 2 is 1.90 bits per heavy atom. The number of sulfonamides is 1. The zero-order valence-corrected chi connectivity index (χ0v) is 22.6. The average molecular weight is 549 g/mol. The molecule has 1 aliphatic heterocycles. The van der Waals surface area contributed by atoms with Crippen LogP contribution in [0.3, 0.4) is 0 Å². The van der Waals surface area contributed by atoms with Gasteiger partial charge in [0.2, 0.25) is 10.0 Å². The number of fused-ring (bicyclic) bond motifs is 2. The Bertz CT molecular complexity index is 1630. The molecule has 2 unspecified atom stereocenters. The van der Waals surface area contributed by atoms with Gasteiger partial charge in [0.15, 0.2) is 5.78 Å². The number of pyridine rings is 1. The van der Waals surface area contributed by atoms with Crippen LogP contribution in [0, 0.1) is 17.2 Å². The van der Waals surface area contributed by atoms with E-state index in [9.17, 15) is 17.6 Å². The van der Waals surface area contributed by atoms with Crippen molar-refractivity contribution in [3.63, 3.8) is 0 Å². The first-order chi connectivity index (χ1) is 18.7. The second-order valence-electron chi connectivity index (χ2n) is 10.7. The highest BCUT2D eigenvalue weighted by Gasteiger charge is 2.54. The fraction of sp³-hybridized carbons (Fsp3) is 0.357. The van der Waals surface area contributed by atoms with Gasteiger partial charge in [-0.2, -0.15) is 14.5 Å². The average Bonchev–Trinajstić information content (AvgIpc) is 3.60. The van der Waals surface area contributed by atoms with Gasteiger partial charge in [-0.25, -0.2) is 17.5 Å². The molecule has 0 spiro atoms. The molecule has 0 N–H and O–H groups in total. The maximum atomic E-state index is 14.2. The molecule has 6 rings (SSSR count). The molecule has 4 heterocycles. The largest absolute Gasteiger partial charge is 0.292 e. The predicted octanol–water partition coefficient (Wildman–Crippen LogP) is 3.86. The number of halogens is 1. The first kappa shape index (κ1) is 25.6. The van der Waals surface area contributed by atoms with Crippen molar-refractivity contribution >= 4 is 15.8 Å². The second kappa shape index (κ2) is 9.49. The van der Waals surface area contributed by atoms with Crippen molar-refractivity contribution in [2.75, 3.05) is 13.1 Å². The normalized spacial score (nSPS) is 21.5. The molecule has 1 aliphatic carbocycles. The third kappa shape index (κ3) is 4.29. The maximum Gasteiger partial charge on any atom is 0.246 e. The molecule has 3 aromatic heterocycles. The van der Waals surface area contributed by atoms with Crippen LogP contribution in [-0.4, -0.2) is 56.1 Å². The molecule has 2 aliphatic rings. The topological polar surface area (TPSA) is 103 Å². The van der Waals surface area contributed by atoms with E-state index in [0.29, 0.717) is 25.0 Å². The Kier molecular flexibility index (Phi) is 6.22. The van der Waals surface area contributed by atoms with Crippen LogP contribution in [0.5, 0.6) is 0 Å². The number of piperidine rings is 1. The summed E-state index contributed by atoms with van der Waals surface area (Å²) in [5.41, 5.74) is 1.90. The molecule has 1 aromatic carbocycles. The molecule has 39 heavy (non-hydrogen) atoms. The highest BCUT2D eigenvalue weighted by atomic mass is 32.2. The van der Waals surface area contributed by atoms with E-state index < -0.39 is 15.4 Å². The number of benzene rings is 1. The Balaban J connectivity index is 1.41. The van der Waals surface area contributed by atoms with Crippen molar-refractivity contribution < 1.29 is 17.6 Å². The van der Waals surface area contributed by atoms with Gasteiger partial charge < -0.3 is 0 Å². The number of carbonyl (C=O) groups is 1. The summed E-state index contributed by atoms with van der Waals surface area (Å²) >= 11 is 0. The van der Waals surface area contributed by atoms with Crippen LogP contribution in [0.2, 0.25) is 0 Å². The van der Waals surface area contributed by atoms with Gasteiger partial charge in [-0.3, -0.25) is 14.5 Å². The molecule has 1 saturated heterocycles. The molecule has 11 heteroatoms. The summed E-state index contributed by atoms with van der Waals surface area (Å²) in [7, 11) is -3.88. The van der Waals surface area contributed by atoms with E-state index >= 15 is 0 Å². The third-order valence-electron chi connectivity index (χ3n) is 8.03. The van der Waals surface area contributed by atoms with Crippen molar-refractivity contribution in [1.82, 2.24) is 28.9 Å². The molecule has 0 bridgehead atoms. The van der Waals surface area contributed by atoms with Crippen LogP contribution in [0.4, 0.5) is 4.39 Å². The Morgan fingerprint density at radius 3 is 2.59 bits per heavy atom. The van der Waals surface area contributed by atoms with E-state index in [2.05, 4.69) is 15.2 Å². The first-order valence-electron chi connectivity index (χ1n) is 13.0. The lowest BCUT2D eigenvalue weighted by molar-refractivity contribution is 0.0394. The Hall–Kier alpha value is -3.70. The Labute approximate surface area is 226 Å². The van der Waals surface area contributed by atoms with Gasteiger partial charge in [0.25, 0.3) is 0 Å². The smallest absolute Gasteiger partial charge is 0.246 e. The van der Waals surface area contributed by atoms with Crippen LogP contribution >= 0.6 is 0 Å². The van der Waals surface area contributed by atoms with Crippen LogP contribution in [-0.2, 0) is 22.9 Å². The van der Waals surface area contributed by atoms with Gasteiger partial charge in [0, 0.05) is 37.2 Å². The van der Waals surface area contributed by atoms with Gasteiger partial charge in [0.05, 0.1) is 23.5 Å². The van der Waals surface area contributed by atoms with E-state index in [4.69, 9.17) is 0 Å². The number of nitrogens with zero attached hydrogens (tertiary/aromatic N) is 6. The lowest BCUT2D eigenvalue weighted by Crippen LogP contribution is -2.57. The SMILES string of the molecule is CC(C)n1cc(S(=O)(=O)N2CCC3Cc4c(cnn4-c4ccc(F)cc4)CC3(C(=O)c3ccccn3)C2)cn1. The van der Waals surface area contributed by atoms with E-state index in [1.807, 2.05) is 13.8 Å². The van der Waals surface area contributed by atoms with E-state index in [1.165, 1.54) is 22.6 Å². The molecule has 1 fully saturated rings.